The van der Waals surface area contributed by atoms with Gasteiger partial charge in [-0.15, -0.1) is 5.11 Å². The molecular formula is C15H12N2O. The predicted molar refractivity (Wildman–Crippen MR) is 69.1 cm³/mol. The lowest BCUT2D eigenvalue weighted by Gasteiger charge is -2.06. The summed E-state index contributed by atoms with van der Waals surface area (Å²) in [4.78, 5) is 11.1. The zero-order chi connectivity index (χ0) is 12.4. The van der Waals surface area contributed by atoms with Crippen LogP contribution in [0.2, 0.25) is 0 Å². The highest BCUT2D eigenvalue weighted by Crippen LogP contribution is 2.28. The van der Waals surface area contributed by atoms with Gasteiger partial charge in [0.15, 0.2) is 0 Å². The maximum absolute atomic E-state index is 11.1. The Morgan fingerprint density at radius 2 is 1.56 bits per heavy atom. The van der Waals surface area contributed by atoms with Crippen LogP contribution in [-0.4, -0.2) is 5.91 Å². The standard InChI is InChI=1S/C15H12N2O/c18-15-10-14(16-17-15)13-8-6-12(7-9-13)11-4-2-1-3-5-11/h1-9,14H,10H2. The molecule has 3 heteroatoms. The van der Waals surface area contributed by atoms with Crippen LogP contribution >= 0.6 is 0 Å². The average Bonchev–Trinajstić information content (AvgIpc) is 2.87. The molecule has 3 rings (SSSR count). The lowest BCUT2D eigenvalue weighted by molar-refractivity contribution is -0.117. The Bertz CT molecular complexity index is 588. The van der Waals surface area contributed by atoms with Crippen molar-refractivity contribution in [1.29, 1.82) is 0 Å². The summed E-state index contributed by atoms with van der Waals surface area (Å²) in [5.41, 5.74) is 3.40. The largest absolute Gasteiger partial charge is 0.271 e. The van der Waals surface area contributed by atoms with Gasteiger partial charge in [-0.05, 0) is 16.7 Å². The van der Waals surface area contributed by atoms with E-state index >= 15 is 0 Å². The van der Waals surface area contributed by atoms with Gasteiger partial charge in [-0.1, -0.05) is 54.6 Å². The van der Waals surface area contributed by atoms with E-state index in [0.29, 0.717) is 6.42 Å². The van der Waals surface area contributed by atoms with Crippen LogP contribution in [0.1, 0.15) is 18.0 Å². The van der Waals surface area contributed by atoms with Crippen molar-refractivity contribution in [2.24, 2.45) is 10.2 Å². The van der Waals surface area contributed by atoms with E-state index in [1.54, 1.807) is 0 Å². The lowest BCUT2D eigenvalue weighted by atomic mass is 10.00. The Morgan fingerprint density at radius 3 is 2.17 bits per heavy atom. The minimum Gasteiger partial charge on any atom is -0.271 e. The highest BCUT2D eigenvalue weighted by atomic mass is 16.2. The number of benzene rings is 2. The lowest BCUT2D eigenvalue weighted by Crippen LogP contribution is -1.94. The molecule has 1 aliphatic heterocycles. The molecule has 2 aromatic rings. The van der Waals surface area contributed by atoms with Crippen LogP contribution in [-0.2, 0) is 4.79 Å². The monoisotopic (exact) mass is 236 g/mol. The second-order valence-electron chi connectivity index (χ2n) is 4.32. The van der Waals surface area contributed by atoms with Gasteiger partial charge >= 0.3 is 0 Å². The predicted octanol–water partition coefficient (Wildman–Crippen LogP) is 3.78. The molecule has 1 atom stereocenters. The molecule has 0 radical (unpaired) electrons. The number of hydrogen-bond donors (Lipinski definition) is 0. The molecule has 0 aromatic heterocycles. The first-order valence-electron chi connectivity index (χ1n) is 5.92. The Hall–Kier alpha value is -2.29. The Morgan fingerprint density at radius 1 is 0.889 bits per heavy atom. The van der Waals surface area contributed by atoms with E-state index < -0.39 is 0 Å². The number of carbonyl (C=O) groups excluding carboxylic acids is 1. The summed E-state index contributed by atoms with van der Waals surface area (Å²) >= 11 is 0. The maximum Gasteiger partial charge on any atom is 0.266 e. The van der Waals surface area contributed by atoms with Gasteiger partial charge in [0.25, 0.3) is 5.91 Å². The summed E-state index contributed by atoms with van der Waals surface area (Å²) < 4.78 is 0. The van der Waals surface area contributed by atoms with Crippen LogP contribution in [0.4, 0.5) is 0 Å². The van der Waals surface area contributed by atoms with Crippen molar-refractivity contribution < 1.29 is 4.79 Å². The average molecular weight is 236 g/mol. The summed E-state index contributed by atoms with van der Waals surface area (Å²) in [5, 5.41) is 7.53. The molecule has 1 unspecified atom stereocenters. The van der Waals surface area contributed by atoms with Crippen LogP contribution in [0.25, 0.3) is 11.1 Å². The van der Waals surface area contributed by atoms with E-state index in [1.807, 2.05) is 30.3 Å². The van der Waals surface area contributed by atoms with Crippen LogP contribution in [0.3, 0.4) is 0 Å². The van der Waals surface area contributed by atoms with Gasteiger partial charge in [0, 0.05) is 0 Å². The summed E-state index contributed by atoms with van der Waals surface area (Å²) in [7, 11) is 0. The summed E-state index contributed by atoms with van der Waals surface area (Å²) in [6.45, 7) is 0. The fraction of sp³-hybridized carbons (Fsp3) is 0.133. The quantitative estimate of drug-likeness (QED) is 0.782. The molecule has 0 N–H and O–H groups in total. The minimum atomic E-state index is -0.132. The third kappa shape index (κ3) is 2.07. The molecule has 88 valence electrons. The molecular weight excluding hydrogens is 224 g/mol. The van der Waals surface area contributed by atoms with Crippen molar-refractivity contribution >= 4 is 5.91 Å². The zero-order valence-electron chi connectivity index (χ0n) is 9.78. The minimum absolute atomic E-state index is 0.0951. The molecule has 1 aliphatic rings. The first kappa shape index (κ1) is 10.8. The van der Waals surface area contributed by atoms with Gasteiger partial charge < -0.3 is 0 Å². The normalized spacial score (nSPS) is 18.2. The Labute approximate surface area is 105 Å². The number of carbonyl (C=O) groups is 1. The summed E-state index contributed by atoms with van der Waals surface area (Å²) in [6.07, 6.45) is 0.394. The Kier molecular flexibility index (Phi) is 2.73. The second kappa shape index (κ2) is 4.53. The first-order chi connectivity index (χ1) is 8.83. The van der Waals surface area contributed by atoms with Crippen molar-refractivity contribution in [2.45, 2.75) is 12.5 Å². The van der Waals surface area contributed by atoms with Crippen molar-refractivity contribution in [2.75, 3.05) is 0 Å². The van der Waals surface area contributed by atoms with E-state index in [0.717, 1.165) is 5.56 Å². The molecule has 0 spiro atoms. The van der Waals surface area contributed by atoms with Gasteiger partial charge in [0.1, 0.15) is 6.04 Å². The molecule has 18 heavy (non-hydrogen) atoms. The van der Waals surface area contributed by atoms with Crippen molar-refractivity contribution in [3.63, 3.8) is 0 Å². The molecule has 2 aromatic carbocycles. The summed E-state index contributed by atoms with van der Waals surface area (Å²) in [6, 6.07) is 18.3. The number of nitrogens with zero attached hydrogens (tertiary/aromatic N) is 2. The van der Waals surface area contributed by atoms with Gasteiger partial charge in [0.2, 0.25) is 0 Å². The van der Waals surface area contributed by atoms with E-state index in [4.69, 9.17) is 0 Å². The van der Waals surface area contributed by atoms with Gasteiger partial charge in [-0.25, -0.2) is 0 Å². The molecule has 0 saturated carbocycles. The molecule has 1 amide bonds. The molecule has 0 saturated heterocycles. The maximum atomic E-state index is 11.1. The molecule has 0 aliphatic carbocycles. The molecule has 0 fully saturated rings. The fourth-order valence-electron chi connectivity index (χ4n) is 2.09. The highest BCUT2D eigenvalue weighted by Gasteiger charge is 2.20. The number of hydrogen-bond acceptors (Lipinski definition) is 2. The zero-order valence-corrected chi connectivity index (χ0v) is 9.78. The SMILES string of the molecule is O=C1CC(c2ccc(-c3ccccc3)cc2)N=N1. The van der Waals surface area contributed by atoms with Crippen molar-refractivity contribution in [3.8, 4) is 11.1 Å². The topological polar surface area (TPSA) is 41.8 Å². The molecule has 3 nitrogen and oxygen atoms in total. The second-order valence-corrected chi connectivity index (χ2v) is 4.32. The van der Waals surface area contributed by atoms with E-state index in [2.05, 4.69) is 34.5 Å². The van der Waals surface area contributed by atoms with E-state index in [1.165, 1.54) is 11.1 Å². The Balaban J connectivity index is 1.86. The molecule has 0 bridgehead atoms. The van der Waals surface area contributed by atoms with Crippen LogP contribution in [0, 0.1) is 0 Å². The third-order valence-corrected chi connectivity index (χ3v) is 3.08. The van der Waals surface area contributed by atoms with Crippen molar-refractivity contribution in [3.05, 3.63) is 60.2 Å². The van der Waals surface area contributed by atoms with Crippen molar-refractivity contribution in [1.82, 2.24) is 0 Å². The van der Waals surface area contributed by atoms with Crippen LogP contribution in [0.5, 0.6) is 0 Å². The van der Waals surface area contributed by atoms with E-state index in [9.17, 15) is 4.79 Å². The number of amides is 1. The molecule has 1 heterocycles. The first-order valence-corrected chi connectivity index (χ1v) is 5.92. The smallest absolute Gasteiger partial charge is 0.266 e. The van der Waals surface area contributed by atoms with Gasteiger partial charge in [-0.3, -0.25) is 4.79 Å². The fourth-order valence-corrected chi connectivity index (χ4v) is 2.09. The van der Waals surface area contributed by atoms with Crippen LogP contribution in [0.15, 0.2) is 64.8 Å². The number of azo groups is 1. The highest BCUT2D eigenvalue weighted by molar-refractivity contribution is 5.78. The number of rotatable bonds is 2. The van der Waals surface area contributed by atoms with Crippen LogP contribution < -0.4 is 0 Å². The van der Waals surface area contributed by atoms with E-state index in [-0.39, 0.29) is 11.9 Å². The van der Waals surface area contributed by atoms with Gasteiger partial charge in [-0.2, -0.15) is 5.11 Å². The third-order valence-electron chi connectivity index (χ3n) is 3.08. The summed E-state index contributed by atoms with van der Waals surface area (Å²) in [5.74, 6) is -0.132. The van der Waals surface area contributed by atoms with Gasteiger partial charge in [0.05, 0.1) is 6.42 Å².